The molecule has 1 saturated heterocycles. The fourth-order valence-electron chi connectivity index (χ4n) is 5.12. The highest BCUT2D eigenvalue weighted by Gasteiger charge is 2.39. The van der Waals surface area contributed by atoms with Crippen LogP contribution in [-0.2, 0) is 9.59 Å². The number of carbonyl (C=O) groups is 4. The Morgan fingerprint density at radius 3 is 2.45 bits per heavy atom. The van der Waals surface area contributed by atoms with E-state index in [1.54, 1.807) is 48.2 Å². The molecular formula is C30H21BrN2O5. The summed E-state index contributed by atoms with van der Waals surface area (Å²) < 4.78 is 6.35. The summed E-state index contributed by atoms with van der Waals surface area (Å²) in [5.74, 6) is -1.77. The van der Waals surface area contributed by atoms with Crippen molar-refractivity contribution in [3.63, 3.8) is 0 Å². The van der Waals surface area contributed by atoms with Gasteiger partial charge in [0.15, 0.2) is 0 Å². The van der Waals surface area contributed by atoms with Crippen LogP contribution >= 0.6 is 15.9 Å². The molecule has 4 aromatic carbocycles. The van der Waals surface area contributed by atoms with Crippen molar-refractivity contribution in [2.75, 3.05) is 16.3 Å². The van der Waals surface area contributed by atoms with E-state index < -0.39 is 23.7 Å². The van der Waals surface area contributed by atoms with Gasteiger partial charge in [0.05, 0.1) is 28.4 Å². The maximum Gasteiger partial charge on any atom is 0.316 e. The van der Waals surface area contributed by atoms with Gasteiger partial charge in [0, 0.05) is 22.8 Å². The Morgan fingerprint density at radius 2 is 1.63 bits per heavy atom. The van der Waals surface area contributed by atoms with E-state index in [4.69, 9.17) is 4.74 Å². The summed E-state index contributed by atoms with van der Waals surface area (Å²) in [5, 5.41) is 1.97. The average Bonchev–Trinajstić information content (AvgIpc) is 3.41. The lowest BCUT2D eigenvalue weighted by Gasteiger charge is -2.19. The molecule has 3 amide bonds. The molecule has 0 N–H and O–H groups in total. The van der Waals surface area contributed by atoms with Gasteiger partial charge in [-0.25, -0.2) is 4.90 Å². The molecule has 1 atom stereocenters. The number of aryl methyl sites for hydroxylation is 1. The first kappa shape index (κ1) is 24.1. The molecule has 188 valence electrons. The molecule has 0 unspecified atom stereocenters. The van der Waals surface area contributed by atoms with Gasteiger partial charge in [-0.05, 0) is 60.3 Å². The second-order valence-electron chi connectivity index (χ2n) is 9.41. The Kier molecular flexibility index (Phi) is 5.84. The number of hydrogen-bond acceptors (Lipinski definition) is 5. The first-order valence-corrected chi connectivity index (χ1v) is 12.9. The number of hydrogen-bond donors (Lipinski definition) is 0. The van der Waals surface area contributed by atoms with Crippen LogP contribution in [-0.4, -0.2) is 30.2 Å². The van der Waals surface area contributed by atoms with Gasteiger partial charge in [-0.15, -0.1) is 0 Å². The smallest absolute Gasteiger partial charge is 0.316 e. The molecule has 0 radical (unpaired) electrons. The van der Waals surface area contributed by atoms with Crippen LogP contribution in [0, 0.1) is 12.8 Å². The molecule has 0 saturated carbocycles. The zero-order chi connectivity index (χ0) is 26.6. The van der Waals surface area contributed by atoms with Gasteiger partial charge in [0.1, 0.15) is 5.75 Å². The third kappa shape index (κ3) is 3.97. The number of esters is 1. The molecule has 6 rings (SSSR count). The fraction of sp³-hybridized carbons (Fsp3) is 0.133. The highest BCUT2D eigenvalue weighted by molar-refractivity contribution is 9.10. The third-order valence-corrected chi connectivity index (χ3v) is 7.49. The first-order valence-electron chi connectivity index (χ1n) is 12.1. The molecule has 4 aromatic rings. The molecule has 0 aliphatic carbocycles. The van der Waals surface area contributed by atoms with Gasteiger partial charge in [-0.3, -0.25) is 19.2 Å². The predicted molar refractivity (Wildman–Crippen MR) is 147 cm³/mol. The van der Waals surface area contributed by atoms with Gasteiger partial charge in [0.25, 0.3) is 11.8 Å². The highest BCUT2D eigenvalue weighted by Crippen LogP contribution is 2.35. The summed E-state index contributed by atoms with van der Waals surface area (Å²) in [6, 6.07) is 23.3. The highest BCUT2D eigenvalue weighted by atomic mass is 79.9. The topological polar surface area (TPSA) is 84.0 Å². The predicted octanol–water partition coefficient (Wildman–Crippen LogP) is 5.67. The Bertz CT molecular complexity index is 1680. The number of benzene rings is 4. The van der Waals surface area contributed by atoms with E-state index in [0.29, 0.717) is 26.9 Å². The zero-order valence-electron chi connectivity index (χ0n) is 20.3. The van der Waals surface area contributed by atoms with Crippen LogP contribution in [0.2, 0.25) is 0 Å². The summed E-state index contributed by atoms with van der Waals surface area (Å²) in [7, 11) is 0. The lowest BCUT2D eigenvalue weighted by molar-refractivity contribution is -0.139. The number of fused-ring (bicyclic) bond motifs is 2. The maximum absolute atomic E-state index is 13.0. The van der Waals surface area contributed by atoms with Gasteiger partial charge in [-0.1, -0.05) is 52.3 Å². The van der Waals surface area contributed by atoms with Gasteiger partial charge < -0.3 is 9.64 Å². The van der Waals surface area contributed by atoms with Crippen molar-refractivity contribution in [2.45, 2.75) is 13.3 Å². The number of imide groups is 1. The number of anilines is 2. The normalized spacial score (nSPS) is 16.9. The van der Waals surface area contributed by atoms with Crippen LogP contribution in [0.4, 0.5) is 11.4 Å². The number of amides is 3. The van der Waals surface area contributed by atoms with Crippen molar-refractivity contribution < 1.29 is 23.9 Å². The van der Waals surface area contributed by atoms with Crippen LogP contribution in [0.15, 0.2) is 83.3 Å². The lowest BCUT2D eigenvalue weighted by Crippen LogP contribution is -2.30. The molecule has 0 spiro atoms. The molecule has 0 aromatic heterocycles. The summed E-state index contributed by atoms with van der Waals surface area (Å²) in [5.41, 5.74) is 2.47. The van der Waals surface area contributed by atoms with E-state index in [1.807, 2.05) is 42.5 Å². The third-order valence-electron chi connectivity index (χ3n) is 6.99. The number of ether oxygens (including phenoxy) is 1. The maximum atomic E-state index is 13.0. The van der Waals surface area contributed by atoms with Crippen molar-refractivity contribution >= 4 is 61.8 Å². The number of nitrogens with zero attached hydrogens (tertiary/aromatic N) is 2. The van der Waals surface area contributed by atoms with Gasteiger partial charge in [-0.2, -0.15) is 0 Å². The summed E-state index contributed by atoms with van der Waals surface area (Å²) in [4.78, 5) is 54.6. The van der Waals surface area contributed by atoms with Crippen LogP contribution in [0.1, 0.15) is 32.7 Å². The molecule has 2 aliphatic rings. The zero-order valence-corrected chi connectivity index (χ0v) is 21.9. The van der Waals surface area contributed by atoms with E-state index in [2.05, 4.69) is 15.9 Å². The minimum Gasteiger partial charge on any atom is -0.426 e. The van der Waals surface area contributed by atoms with Crippen molar-refractivity contribution in [1.29, 1.82) is 0 Å². The van der Waals surface area contributed by atoms with E-state index >= 15 is 0 Å². The van der Waals surface area contributed by atoms with Crippen LogP contribution in [0.3, 0.4) is 0 Å². The van der Waals surface area contributed by atoms with Crippen molar-refractivity contribution in [3.8, 4) is 5.75 Å². The Hall–Kier alpha value is -4.30. The van der Waals surface area contributed by atoms with Crippen LogP contribution < -0.4 is 14.5 Å². The van der Waals surface area contributed by atoms with E-state index in [1.165, 1.54) is 0 Å². The summed E-state index contributed by atoms with van der Waals surface area (Å²) in [6.45, 7) is 1.97. The average molecular weight is 569 g/mol. The van der Waals surface area contributed by atoms with E-state index in [-0.39, 0.29) is 24.6 Å². The molecule has 0 bridgehead atoms. The Balaban J connectivity index is 1.19. The molecule has 7 nitrogen and oxygen atoms in total. The largest absolute Gasteiger partial charge is 0.426 e. The van der Waals surface area contributed by atoms with Gasteiger partial charge >= 0.3 is 5.97 Å². The second-order valence-corrected chi connectivity index (χ2v) is 10.3. The first-order chi connectivity index (χ1) is 18.3. The van der Waals surface area contributed by atoms with Crippen LogP contribution in [0.25, 0.3) is 10.8 Å². The van der Waals surface area contributed by atoms with Gasteiger partial charge in [0.2, 0.25) is 5.91 Å². The second kappa shape index (κ2) is 9.22. The molecule has 2 aliphatic heterocycles. The monoisotopic (exact) mass is 568 g/mol. The number of rotatable bonds is 4. The molecule has 1 fully saturated rings. The minimum atomic E-state index is -0.615. The Morgan fingerprint density at radius 1 is 0.868 bits per heavy atom. The Labute approximate surface area is 226 Å². The van der Waals surface area contributed by atoms with Crippen LogP contribution in [0.5, 0.6) is 5.75 Å². The van der Waals surface area contributed by atoms with Crippen molar-refractivity contribution in [3.05, 3.63) is 100 Å². The van der Waals surface area contributed by atoms with E-state index in [0.717, 1.165) is 21.4 Å². The van der Waals surface area contributed by atoms with Crippen molar-refractivity contribution in [1.82, 2.24) is 0 Å². The summed E-state index contributed by atoms with van der Waals surface area (Å²) >= 11 is 3.34. The molecular weight excluding hydrogens is 548 g/mol. The van der Waals surface area contributed by atoms with E-state index in [9.17, 15) is 19.2 Å². The summed E-state index contributed by atoms with van der Waals surface area (Å²) in [6.07, 6.45) is 0.0592. The molecule has 2 heterocycles. The standard InChI is InChI=1S/C30H21BrN2O5/c1-17-13-21(10-12-25(17)33-28(35)23-11-9-20(31)15-24(23)29(33)36)38-30(37)19-14-27(34)32(16-19)26-8-4-6-18-5-2-3-7-22(18)26/h2-13,15,19H,14,16H2,1H3/t19-/m1/s1. The number of carbonyl (C=O) groups excluding carboxylic acids is 4. The SMILES string of the molecule is Cc1cc(OC(=O)[C@@H]2CC(=O)N(c3cccc4ccccc34)C2)ccc1N1C(=O)c2ccc(Br)cc2C1=O. The quantitative estimate of drug-likeness (QED) is 0.180. The molecule has 8 heteroatoms. The lowest BCUT2D eigenvalue weighted by atomic mass is 10.1. The number of halogens is 1. The molecule has 38 heavy (non-hydrogen) atoms. The van der Waals surface area contributed by atoms with Crippen molar-refractivity contribution in [2.24, 2.45) is 5.92 Å². The minimum absolute atomic E-state index is 0.0592. The fourth-order valence-corrected chi connectivity index (χ4v) is 5.48.